The molecule has 0 radical (unpaired) electrons. The van der Waals surface area contributed by atoms with E-state index in [0.717, 1.165) is 11.8 Å². The fourth-order valence-corrected chi connectivity index (χ4v) is 5.91. The Morgan fingerprint density at radius 2 is 1.60 bits per heavy atom. The van der Waals surface area contributed by atoms with Gasteiger partial charge in [0.05, 0.1) is 22.0 Å². The number of nitrogens with zero attached hydrogens (tertiary/aromatic N) is 2. The lowest BCUT2D eigenvalue weighted by atomic mass is 10.0. The molecule has 0 spiro atoms. The molecule has 0 saturated carbocycles. The van der Waals surface area contributed by atoms with Crippen molar-refractivity contribution < 1.29 is 18.0 Å². The largest absolute Gasteiger partial charge is 0.357 e. The predicted octanol–water partition coefficient (Wildman–Crippen LogP) is 5.89. The lowest BCUT2D eigenvalue weighted by Crippen LogP contribution is -2.49. The summed E-state index contributed by atoms with van der Waals surface area (Å²) in [6.45, 7) is 1.93. The van der Waals surface area contributed by atoms with E-state index in [0.29, 0.717) is 38.3 Å². The van der Waals surface area contributed by atoms with Crippen molar-refractivity contribution in [1.82, 2.24) is 10.2 Å². The number of sulfonamides is 1. The monoisotopic (exact) mass is 623 g/mol. The Morgan fingerprint density at radius 1 is 0.900 bits per heavy atom. The molecule has 1 atom stereocenters. The summed E-state index contributed by atoms with van der Waals surface area (Å²) in [6.07, 6.45) is 1.65. The molecule has 0 heterocycles. The number of rotatable bonds is 12. The summed E-state index contributed by atoms with van der Waals surface area (Å²) < 4.78 is 26.6. The van der Waals surface area contributed by atoms with E-state index in [1.807, 2.05) is 30.3 Å². The first-order chi connectivity index (χ1) is 18.9. The van der Waals surface area contributed by atoms with Gasteiger partial charge in [-0.1, -0.05) is 77.3 Å². The van der Waals surface area contributed by atoms with E-state index in [9.17, 15) is 18.0 Å². The molecular weight excluding hydrogens is 593 g/mol. The normalized spacial score (nSPS) is 12.1. The van der Waals surface area contributed by atoms with Gasteiger partial charge in [-0.3, -0.25) is 13.9 Å². The summed E-state index contributed by atoms with van der Waals surface area (Å²) in [5, 5.41) is 3.84. The van der Waals surface area contributed by atoms with Crippen LogP contribution in [0.3, 0.4) is 0 Å². The van der Waals surface area contributed by atoms with Crippen molar-refractivity contribution in [2.45, 2.75) is 38.8 Å². The molecule has 0 aromatic heterocycles. The van der Waals surface area contributed by atoms with Gasteiger partial charge in [0.2, 0.25) is 21.8 Å². The highest BCUT2D eigenvalue weighted by Crippen LogP contribution is 2.29. The number of anilines is 1. The maximum Gasteiger partial charge on any atom is 0.242 e. The van der Waals surface area contributed by atoms with Crippen molar-refractivity contribution in [3.8, 4) is 0 Å². The van der Waals surface area contributed by atoms with Crippen LogP contribution in [0.25, 0.3) is 0 Å². The number of amides is 2. The van der Waals surface area contributed by atoms with Gasteiger partial charge < -0.3 is 10.2 Å². The van der Waals surface area contributed by atoms with E-state index in [1.165, 1.54) is 16.3 Å². The molecule has 0 fully saturated rings. The van der Waals surface area contributed by atoms with Crippen LogP contribution < -0.4 is 9.62 Å². The van der Waals surface area contributed by atoms with E-state index in [4.69, 9.17) is 34.8 Å². The molecule has 3 rings (SSSR count). The highest BCUT2D eigenvalue weighted by molar-refractivity contribution is 7.92. The topological polar surface area (TPSA) is 86.8 Å². The highest BCUT2D eigenvalue weighted by Gasteiger charge is 2.30. The first kappa shape index (κ1) is 31.7. The van der Waals surface area contributed by atoms with E-state index in [2.05, 4.69) is 5.32 Å². The summed E-state index contributed by atoms with van der Waals surface area (Å²) in [7, 11) is -2.12. The van der Waals surface area contributed by atoms with Crippen molar-refractivity contribution in [1.29, 1.82) is 0 Å². The molecule has 0 aliphatic heterocycles. The Morgan fingerprint density at radius 3 is 2.23 bits per heavy atom. The summed E-state index contributed by atoms with van der Waals surface area (Å²) in [5.41, 5.74) is 2.69. The zero-order valence-electron chi connectivity index (χ0n) is 22.5. The smallest absolute Gasteiger partial charge is 0.242 e. The summed E-state index contributed by atoms with van der Waals surface area (Å²) in [6, 6.07) is 18.7. The average molecular weight is 625 g/mol. The highest BCUT2D eigenvalue weighted by atomic mass is 35.5. The third-order valence-electron chi connectivity index (χ3n) is 6.51. The maximum atomic E-state index is 13.7. The molecule has 0 saturated heterocycles. The van der Waals surface area contributed by atoms with E-state index < -0.39 is 16.1 Å². The third kappa shape index (κ3) is 8.36. The minimum atomic E-state index is -3.65. The van der Waals surface area contributed by atoms with Crippen LogP contribution in [0.5, 0.6) is 0 Å². The Kier molecular flexibility index (Phi) is 11.3. The van der Waals surface area contributed by atoms with E-state index in [-0.39, 0.29) is 37.7 Å². The molecule has 3 aromatic carbocycles. The first-order valence-electron chi connectivity index (χ1n) is 12.6. The van der Waals surface area contributed by atoms with Gasteiger partial charge in [0, 0.05) is 38.0 Å². The van der Waals surface area contributed by atoms with Crippen molar-refractivity contribution in [3.05, 3.63) is 98.5 Å². The number of halogens is 3. The first-order valence-corrected chi connectivity index (χ1v) is 15.6. The van der Waals surface area contributed by atoms with Gasteiger partial charge in [0.25, 0.3) is 0 Å². The fourth-order valence-electron chi connectivity index (χ4n) is 4.40. The van der Waals surface area contributed by atoms with Crippen LogP contribution in [-0.4, -0.2) is 51.0 Å². The SMILES string of the molecule is CNC(=O)[C@@H](Cc1ccccc1)N(Cc1ccc(Cl)c(Cl)c1)C(=O)CCCN(c1cccc(Cl)c1C)S(C)(=O)=O. The number of hydrogen-bond acceptors (Lipinski definition) is 4. The molecule has 1 N–H and O–H groups in total. The number of hydrogen-bond donors (Lipinski definition) is 1. The molecule has 11 heteroatoms. The Hall–Kier alpha value is -2.78. The van der Waals surface area contributed by atoms with Crippen LogP contribution in [-0.2, 0) is 32.6 Å². The number of nitrogens with one attached hydrogen (secondary N) is 1. The Labute approximate surface area is 251 Å². The van der Waals surface area contributed by atoms with E-state index in [1.54, 1.807) is 43.3 Å². The number of carbonyl (C=O) groups is 2. The standard InChI is InChI=1S/C29H32Cl3N3O4S/c1-20-23(30)11-7-12-26(20)35(40(3,38)39)16-8-13-28(36)34(19-22-14-15-24(31)25(32)17-22)27(29(37)33-2)18-21-9-5-4-6-10-21/h4-7,9-12,14-15,17,27H,8,13,16,18-19H2,1-3H3,(H,33,37)/t27-/m1/s1. The summed E-state index contributed by atoms with van der Waals surface area (Å²) in [4.78, 5) is 28.3. The lowest BCUT2D eigenvalue weighted by molar-refractivity contribution is -0.141. The molecule has 0 aliphatic rings. The Bertz CT molecular complexity index is 1450. The molecular formula is C29H32Cl3N3O4S. The van der Waals surface area contributed by atoms with Crippen LogP contribution in [0, 0.1) is 6.92 Å². The van der Waals surface area contributed by atoms with Gasteiger partial charge in [-0.2, -0.15) is 0 Å². The molecule has 7 nitrogen and oxygen atoms in total. The van der Waals surface area contributed by atoms with Crippen molar-refractivity contribution in [2.24, 2.45) is 0 Å². The number of benzene rings is 3. The van der Waals surface area contributed by atoms with Crippen LogP contribution in [0.2, 0.25) is 15.1 Å². The van der Waals surface area contributed by atoms with Crippen LogP contribution >= 0.6 is 34.8 Å². The quantitative estimate of drug-likeness (QED) is 0.272. The Balaban J connectivity index is 1.88. The summed E-state index contributed by atoms with van der Waals surface area (Å²) >= 11 is 18.6. The lowest BCUT2D eigenvalue weighted by Gasteiger charge is -2.32. The van der Waals surface area contributed by atoms with Gasteiger partial charge in [-0.25, -0.2) is 8.42 Å². The third-order valence-corrected chi connectivity index (χ3v) is 8.84. The van der Waals surface area contributed by atoms with Crippen LogP contribution in [0.1, 0.15) is 29.5 Å². The molecule has 0 unspecified atom stereocenters. The second-order valence-electron chi connectivity index (χ2n) is 9.41. The number of carbonyl (C=O) groups excluding carboxylic acids is 2. The zero-order chi connectivity index (χ0) is 29.4. The van der Waals surface area contributed by atoms with Crippen LogP contribution in [0.4, 0.5) is 5.69 Å². The second kappa shape index (κ2) is 14.2. The minimum absolute atomic E-state index is 0.00917. The van der Waals surface area contributed by atoms with Gasteiger partial charge in [0.1, 0.15) is 6.04 Å². The number of likely N-dealkylation sites (N-methyl/N-ethyl adjacent to an activating group) is 1. The molecule has 0 bridgehead atoms. The average Bonchev–Trinajstić information content (AvgIpc) is 2.92. The second-order valence-corrected chi connectivity index (χ2v) is 12.5. The molecule has 2 amide bonds. The van der Waals surface area contributed by atoms with Crippen molar-refractivity contribution in [2.75, 3.05) is 24.2 Å². The molecule has 0 aliphatic carbocycles. The van der Waals surface area contributed by atoms with Crippen molar-refractivity contribution in [3.63, 3.8) is 0 Å². The van der Waals surface area contributed by atoms with E-state index >= 15 is 0 Å². The summed E-state index contributed by atoms with van der Waals surface area (Å²) in [5.74, 6) is -0.614. The fraction of sp³-hybridized carbons (Fsp3) is 0.310. The van der Waals surface area contributed by atoms with Gasteiger partial charge in [-0.05, 0) is 54.3 Å². The van der Waals surface area contributed by atoms with Crippen molar-refractivity contribution >= 4 is 62.3 Å². The molecule has 40 heavy (non-hydrogen) atoms. The molecule has 3 aromatic rings. The van der Waals surface area contributed by atoms with Gasteiger partial charge in [-0.15, -0.1) is 0 Å². The maximum absolute atomic E-state index is 13.7. The van der Waals surface area contributed by atoms with Gasteiger partial charge >= 0.3 is 0 Å². The van der Waals surface area contributed by atoms with Gasteiger partial charge in [0.15, 0.2) is 0 Å². The molecule has 214 valence electrons. The zero-order valence-corrected chi connectivity index (χ0v) is 25.6. The predicted molar refractivity (Wildman–Crippen MR) is 163 cm³/mol. The minimum Gasteiger partial charge on any atom is -0.357 e. The van der Waals surface area contributed by atoms with Crippen LogP contribution in [0.15, 0.2) is 66.7 Å².